The molecule has 0 amide bonds. The Morgan fingerprint density at radius 2 is 2.11 bits per heavy atom. The van der Waals surface area contributed by atoms with E-state index >= 15 is 0 Å². The van der Waals surface area contributed by atoms with E-state index in [-0.39, 0.29) is 0 Å². The van der Waals surface area contributed by atoms with Gasteiger partial charge in [0.1, 0.15) is 0 Å². The number of nitrogens with one attached hydrogen (secondary N) is 1. The van der Waals surface area contributed by atoms with Gasteiger partial charge in [-0.2, -0.15) is 0 Å². The van der Waals surface area contributed by atoms with Crippen LogP contribution in [0.15, 0.2) is 0 Å². The minimum Gasteiger partial charge on any atom is -0.305 e. The van der Waals surface area contributed by atoms with Crippen LogP contribution >= 0.6 is 11.8 Å². The zero-order chi connectivity index (χ0) is 7.11. The summed E-state index contributed by atoms with van der Waals surface area (Å²) in [6.07, 6.45) is 4.61. The molecule has 0 aromatic heterocycles. The smallest absolute Gasteiger partial charge is 0.0526 e. The van der Waals surface area contributed by atoms with E-state index in [1.54, 1.807) is 0 Å². The second-order valence-electron chi connectivity index (χ2n) is 2.09. The van der Waals surface area contributed by atoms with Crippen LogP contribution in [0.5, 0.6) is 0 Å². The average Bonchev–Trinajstić information content (AvgIpc) is 1.91. The van der Waals surface area contributed by atoms with Gasteiger partial charge in [0.2, 0.25) is 0 Å². The first-order valence-electron chi connectivity index (χ1n) is 3.61. The number of hydrogen-bond acceptors (Lipinski definition) is 2. The molecule has 0 rings (SSSR count). The minimum atomic E-state index is 0.671. The fourth-order valence-electron chi connectivity index (χ4n) is 0.700. The van der Waals surface area contributed by atoms with Gasteiger partial charge in [-0.1, -0.05) is 13.8 Å². The van der Waals surface area contributed by atoms with Crippen molar-refractivity contribution in [3.8, 4) is 0 Å². The van der Waals surface area contributed by atoms with E-state index in [0.29, 0.717) is 5.37 Å². The molecule has 0 saturated carbocycles. The fourth-order valence-corrected chi connectivity index (χ4v) is 1.32. The molecule has 0 aliphatic rings. The summed E-state index contributed by atoms with van der Waals surface area (Å²) in [7, 11) is 0. The molecule has 0 saturated heterocycles. The zero-order valence-corrected chi connectivity index (χ0v) is 7.42. The van der Waals surface area contributed by atoms with Gasteiger partial charge in [0.25, 0.3) is 0 Å². The number of hydrogen-bond donors (Lipinski definition) is 1. The Hall–Kier alpha value is 0.310. The fraction of sp³-hybridized carbons (Fsp3) is 1.00. The lowest BCUT2D eigenvalue weighted by Gasteiger charge is -2.12. The molecule has 0 aromatic rings. The Bertz CT molecular complexity index is 52.9. The summed E-state index contributed by atoms with van der Waals surface area (Å²) in [5, 5.41) is 4.10. The lowest BCUT2D eigenvalue weighted by molar-refractivity contribution is 0.625. The first-order valence-corrected chi connectivity index (χ1v) is 4.90. The molecule has 56 valence electrons. The molecule has 0 fully saturated rings. The van der Waals surface area contributed by atoms with Crippen molar-refractivity contribution in [2.75, 3.05) is 12.8 Å². The third-order valence-corrected chi connectivity index (χ3v) is 2.35. The van der Waals surface area contributed by atoms with Crippen LogP contribution in [-0.2, 0) is 0 Å². The van der Waals surface area contributed by atoms with E-state index in [9.17, 15) is 0 Å². The summed E-state index contributed by atoms with van der Waals surface area (Å²) >= 11 is 1.90. The van der Waals surface area contributed by atoms with Gasteiger partial charge in [-0.25, -0.2) is 0 Å². The second kappa shape index (κ2) is 6.43. The molecule has 0 aliphatic carbocycles. The summed E-state index contributed by atoms with van der Waals surface area (Å²) in [6.45, 7) is 5.56. The molecule has 0 bridgehead atoms. The van der Waals surface area contributed by atoms with Gasteiger partial charge in [-0.15, -0.1) is 11.8 Å². The molecular weight excluding hydrogens is 130 g/mol. The molecule has 1 atom stereocenters. The van der Waals surface area contributed by atoms with Gasteiger partial charge in [-0.3, -0.25) is 0 Å². The molecule has 0 aromatic carbocycles. The summed E-state index contributed by atoms with van der Waals surface area (Å²) in [5.74, 6) is 0. The van der Waals surface area contributed by atoms with Gasteiger partial charge in [0, 0.05) is 0 Å². The lowest BCUT2D eigenvalue weighted by Crippen LogP contribution is -2.25. The second-order valence-corrected chi connectivity index (χ2v) is 3.13. The molecule has 0 radical (unpaired) electrons. The van der Waals surface area contributed by atoms with E-state index in [1.807, 2.05) is 11.8 Å². The molecular formula is C7H17NS. The molecule has 0 heterocycles. The Labute approximate surface area is 62.6 Å². The molecule has 1 unspecified atom stereocenters. The summed E-state index contributed by atoms with van der Waals surface area (Å²) < 4.78 is 0. The van der Waals surface area contributed by atoms with E-state index < -0.39 is 0 Å². The van der Waals surface area contributed by atoms with Crippen molar-refractivity contribution < 1.29 is 0 Å². The molecule has 0 spiro atoms. The van der Waals surface area contributed by atoms with Gasteiger partial charge < -0.3 is 5.32 Å². The monoisotopic (exact) mass is 147 g/mol. The largest absolute Gasteiger partial charge is 0.305 e. The van der Waals surface area contributed by atoms with Crippen molar-refractivity contribution in [2.45, 2.75) is 32.1 Å². The maximum absolute atomic E-state index is 3.43. The van der Waals surface area contributed by atoms with Crippen LogP contribution in [0.3, 0.4) is 0 Å². The summed E-state index contributed by atoms with van der Waals surface area (Å²) in [6, 6.07) is 0. The third-order valence-electron chi connectivity index (χ3n) is 1.28. The van der Waals surface area contributed by atoms with Crippen LogP contribution in [0.1, 0.15) is 26.7 Å². The zero-order valence-electron chi connectivity index (χ0n) is 6.61. The highest BCUT2D eigenvalue weighted by molar-refractivity contribution is 7.99. The van der Waals surface area contributed by atoms with Crippen LogP contribution in [0.4, 0.5) is 0 Å². The predicted molar refractivity (Wildman–Crippen MR) is 45.9 cm³/mol. The first kappa shape index (κ1) is 9.31. The maximum Gasteiger partial charge on any atom is 0.0526 e. The van der Waals surface area contributed by atoms with Crippen molar-refractivity contribution in [1.82, 2.24) is 5.32 Å². The van der Waals surface area contributed by atoms with E-state index in [0.717, 1.165) is 6.54 Å². The van der Waals surface area contributed by atoms with Crippen molar-refractivity contribution in [3.05, 3.63) is 0 Å². The normalized spacial score (nSPS) is 13.7. The van der Waals surface area contributed by atoms with Gasteiger partial charge >= 0.3 is 0 Å². The van der Waals surface area contributed by atoms with Gasteiger partial charge in [0.15, 0.2) is 0 Å². The Kier molecular flexibility index (Phi) is 6.65. The summed E-state index contributed by atoms with van der Waals surface area (Å²) in [4.78, 5) is 0. The Morgan fingerprint density at radius 3 is 2.44 bits per heavy atom. The molecule has 1 nitrogen and oxygen atoms in total. The van der Waals surface area contributed by atoms with Crippen molar-refractivity contribution in [2.24, 2.45) is 0 Å². The van der Waals surface area contributed by atoms with Crippen LogP contribution in [0.2, 0.25) is 0 Å². The van der Waals surface area contributed by atoms with E-state index in [1.165, 1.54) is 12.8 Å². The lowest BCUT2D eigenvalue weighted by atomic mass is 10.4. The van der Waals surface area contributed by atoms with Crippen molar-refractivity contribution in [3.63, 3.8) is 0 Å². The topological polar surface area (TPSA) is 12.0 Å². The van der Waals surface area contributed by atoms with E-state index in [4.69, 9.17) is 0 Å². The van der Waals surface area contributed by atoms with Crippen molar-refractivity contribution in [1.29, 1.82) is 0 Å². The van der Waals surface area contributed by atoms with E-state index in [2.05, 4.69) is 25.4 Å². The highest BCUT2D eigenvalue weighted by atomic mass is 32.2. The first-order chi connectivity index (χ1) is 4.35. The number of thioether (sulfide) groups is 1. The van der Waals surface area contributed by atoms with Crippen molar-refractivity contribution >= 4 is 11.8 Å². The predicted octanol–water partition coefficient (Wildman–Crippen LogP) is 2.09. The third kappa shape index (κ3) is 4.79. The minimum absolute atomic E-state index is 0.671. The molecule has 0 aliphatic heterocycles. The van der Waals surface area contributed by atoms with Crippen LogP contribution < -0.4 is 5.32 Å². The SMILES string of the molecule is CCCNC(CC)SC. The van der Waals surface area contributed by atoms with Gasteiger partial charge in [0.05, 0.1) is 5.37 Å². The van der Waals surface area contributed by atoms with Crippen LogP contribution in [0, 0.1) is 0 Å². The highest BCUT2D eigenvalue weighted by Gasteiger charge is 1.98. The molecule has 1 N–H and O–H groups in total. The molecule has 9 heavy (non-hydrogen) atoms. The molecule has 2 heteroatoms. The summed E-state index contributed by atoms with van der Waals surface area (Å²) in [5.41, 5.74) is 0. The van der Waals surface area contributed by atoms with Crippen LogP contribution in [0.25, 0.3) is 0 Å². The van der Waals surface area contributed by atoms with Gasteiger partial charge in [-0.05, 0) is 25.6 Å². The highest BCUT2D eigenvalue weighted by Crippen LogP contribution is 2.05. The maximum atomic E-state index is 3.43. The standard InChI is InChI=1S/C7H17NS/c1-4-6-8-7(5-2)9-3/h7-8H,4-6H2,1-3H3. The number of rotatable bonds is 5. The Balaban J connectivity index is 3.09. The average molecular weight is 147 g/mol. The quantitative estimate of drug-likeness (QED) is 0.598. The van der Waals surface area contributed by atoms with Crippen LogP contribution in [-0.4, -0.2) is 18.2 Å². The Morgan fingerprint density at radius 1 is 1.44 bits per heavy atom.